The molecular weight excluding hydrogens is 354 g/mol. The molecule has 0 aliphatic carbocycles. The quantitative estimate of drug-likeness (QED) is 0.417. The fourth-order valence-electron chi connectivity index (χ4n) is 2.48. The zero-order valence-corrected chi connectivity index (χ0v) is 14.0. The molecule has 0 aliphatic rings. The van der Waals surface area contributed by atoms with Gasteiger partial charge in [0.2, 0.25) is 0 Å². The van der Waals surface area contributed by atoms with Crippen molar-refractivity contribution in [3.63, 3.8) is 0 Å². The largest absolute Gasteiger partial charge is 0.454 e. The average molecular weight is 365 g/mol. The first-order valence-corrected chi connectivity index (χ1v) is 8.48. The van der Waals surface area contributed by atoms with Crippen LogP contribution in [0.25, 0.3) is 22.4 Å². The van der Waals surface area contributed by atoms with Crippen molar-refractivity contribution in [1.82, 2.24) is 4.98 Å². The first-order valence-electron chi connectivity index (χ1n) is 7.60. The Hall–Kier alpha value is -3.52. The molecule has 4 aromatic rings. The molecule has 0 radical (unpaired) electrons. The van der Waals surface area contributed by atoms with Gasteiger partial charge >= 0.3 is 0 Å². The number of nitrogens with zero attached hydrogens (tertiary/aromatic N) is 2. The molecular formula is C18H11N3O4S. The van der Waals surface area contributed by atoms with E-state index < -0.39 is 10.8 Å². The molecule has 1 N–H and O–H groups in total. The summed E-state index contributed by atoms with van der Waals surface area (Å²) in [5.74, 6) is 0.150. The molecule has 0 spiro atoms. The second kappa shape index (κ2) is 6.41. The number of carbonyl (C=O) groups is 1. The number of aromatic nitrogens is 1. The Balaban J connectivity index is 1.55. The number of rotatable bonds is 4. The lowest BCUT2D eigenvalue weighted by molar-refractivity contribution is -0.384. The predicted octanol–water partition coefficient (Wildman–Crippen LogP) is 4.72. The Labute approximate surface area is 151 Å². The van der Waals surface area contributed by atoms with Gasteiger partial charge in [0.05, 0.1) is 4.92 Å². The lowest BCUT2D eigenvalue weighted by atomic mass is 10.2. The molecule has 0 unspecified atom stereocenters. The van der Waals surface area contributed by atoms with Crippen molar-refractivity contribution in [2.24, 2.45) is 0 Å². The van der Waals surface area contributed by atoms with E-state index in [-0.39, 0.29) is 11.3 Å². The maximum absolute atomic E-state index is 12.3. The van der Waals surface area contributed by atoms with Crippen LogP contribution in [-0.2, 0) is 0 Å². The Bertz CT molecular complexity index is 1100. The van der Waals surface area contributed by atoms with E-state index in [0.717, 1.165) is 11.0 Å². The van der Waals surface area contributed by atoms with Gasteiger partial charge in [-0.15, -0.1) is 11.3 Å². The fraction of sp³-hybridized carbons (Fsp3) is 0. The summed E-state index contributed by atoms with van der Waals surface area (Å²) >= 11 is 1.25. The zero-order valence-electron chi connectivity index (χ0n) is 13.2. The summed E-state index contributed by atoms with van der Waals surface area (Å²) in [4.78, 5) is 26.9. The average Bonchev–Trinajstić information content (AvgIpc) is 3.28. The number of thiazole rings is 1. The summed E-state index contributed by atoms with van der Waals surface area (Å²) < 4.78 is 5.76. The van der Waals surface area contributed by atoms with Gasteiger partial charge < -0.3 is 4.42 Å². The number of hydrogen-bond donors (Lipinski definition) is 1. The van der Waals surface area contributed by atoms with Crippen LogP contribution in [0.4, 0.5) is 10.8 Å². The van der Waals surface area contributed by atoms with Crippen LogP contribution < -0.4 is 5.32 Å². The first kappa shape index (κ1) is 16.0. The number of para-hydroxylation sites is 1. The van der Waals surface area contributed by atoms with Gasteiger partial charge in [-0.2, -0.15) is 0 Å². The van der Waals surface area contributed by atoms with E-state index in [2.05, 4.69) is 10.3 Å². The molecule has 2 heterocycles. The molecule has 26 heavy (non-hydrogen) atoms. The Morgan fingerprint density at radius 2 is 2.00 bits per heavy atom. The number of non-ortho nitro benzene ring substituents is 1. The van der Waals surface area contributed by atoms with Crippen molar-refractivity contribution in [3.05, 3.63) is 75.7 Å². The molecule has 0 aliphatic heterocycles. The fourth-order valence-corrected chi connectivity index (χ4v) is 3.18. The number of hydrogen-bond acceptors (Lipinski definition) is 6. The molecule has 4 rings (SSSR count). The summed E-state index contributed by atoms with van der Waals surface area (Å²) in [5, 5.41) is 16.6. The Morgan fingerprint density at radius 1 is 1.15 bits per heavy atom. The highest BCUT2D eigenvalue weighted by molar-refractivity contribution is 7.14. The van der Waals surface area contributed by atoms with Crippen LogP contribution in [0, 0.1) is 10.1 Å². The molecule has 8 heteroatoms. The van der Waals surface area contributed by atoms with Crippen LogP contribution in [0.15, 0.2) is 64.4 Å². The third-order valence-corrected chi connectivity index (χ3v) is 4.48. The minimum Gasteiger partial charge on any atom is -0.454 e. The van der Waals surface area contributed by atoms with E-state index in [1.807, 2.05) is 30.3 Å². The predicted molar refractivity (Wildman–Crippen MR) is 98.4 cm³/mol. The van der Waals surface area contributed by atoms with E-state index in [1.165, 1.54) is 35.6 Å². The molecule has 0 saturated heterocycles. The van der Waals surface area contributed by atoms with Gasteiger partial charge in [-0.1, -0.05) is 24.3 Å². The molecule has 128 valence electrons. The van der Waals surface area contributed by atoms with Crippen LogP contribution in [-0.4, -0.2) is 15.8 Å². The third kappa shape index (κ3) is 3.05. The Kier molecular flexibility index (Phi) is 3.94. The van der Waals surface area contributed by atoms with E-state index >= 15 is 0 Å². The van der Waals surface area contributed by atoms with Gasteiger partial charge in [-0.3, -0.25) is 20.2 Å². The number of benzene rings is 2. The number of nitrogens with one attached hydrogen (secondary N) is 1. The van der Waals surface area contributed by atoms with Crippen LogP contribution >= 0.6 is 11.3 Å². The lowest BCUT2D eigenvalue weighted by Crippen LogP contribution is -2.11. The van der Waals surface area contributed by atoms with Crippen molar-refractivity contribution < 1.29 is 14.1 Å². The lowest BCUT2D eigenvalue weighted by Gasteiger charge is -2.01. The van der Waals surface area contributed by atoms with Crippen LogP contribution in [0.2, 0.25) is 0 Å². The van der Waals surface area contributed by atoms with Crippen molar-refractivity contribution in [3.8, 4) is 11.5 Å². The monoisotopic (exact) mass is 365 g/mol. The summed E-state index contributed by atoms with van der Waals surface area (Å²) in [5.41, 5.74) is 1.43. The number of carbonyl (C=O) groups excluding carboxylic acids is 1. The van der Waals surface area contributed by atoms with Gasteiger partial charge in [-0.25, -0.2) is 4.98 Å². The van der Waals surface area contributed by atoms with Crippen molar-refractivity contribution in [1.29, 1.82) is 0 Å². The minimum absolute atomic E-state index is 0.139. The molecule has 0 atom stereocenters. The highest BCUT2D eigenvalue weighted by atomic mass is 32.1. The highest BCUT2D eigenvalue weighted by Gasteiger charge is 2.15. The van der Waals surface area contributed by atoms with Crippen molar-refractivity contribution in [2.75, 3.05) is 5.32 Å². The van der Waals surface area contributed by atoms with Crippen LogP contribution in [0.1, 0.15) is 10.4 Å². The summed E-state index contributed by atoms with van der Waals surface area (Å²) in [6, 6.07) is 15.1. The SMILES string of the molecule is O=C(Nc1nc(-c2cc3ccccc3o2)cs1)c1cccc([N+](=O)[O-])c1. The maximum atomic E-state index is 12.3. The number of nitro groups is 1. The van der Waals surface area contributed by atoms with Gasteiger partial charge in [0.15, 0.2) is 10.9 Å². The van der Waals surface area contributed by atoms with Crippen molar-refractivity contribution >= 4 is 39.0 Å². The first-order chi connectivity index (χ1) is 12.6. The summed E-state index contributed by atoms with van der Waals surface area (Å²) in [6.45, 7) is 0. The molecule has 7 nitrogen and oxygen atoms in total. The van der Waals surface area contributed by atoms with Gasteiger partial charge in [0.25, 0.3) is 11.6 Å². The zero-order chi connectivity index (χ0) is 18.1. The molecule has 0 bridgehead atoms. The number of nitro benzene ring substituents is 1. The molecule has 0 fully saturated rings. The second-order valence-electron chi connectivity index (χ2n) is 5.45. The second-order valence-corrected chi connectivity index (χ2v) is 6.31. The van der Waals surface area contributed by atoms with Gasteiger partial charge in [0, 0.05) is 28.5 Å². The normalized spacial score (nSPS) is 10.8. The molecule has 1 amide bonds. The number of amides is 1. The number of anilines is 1. The van der Waals surface area contributed by atoms with E-state index in [4.69, 9.17) is 4.42 Å². The smallest absolute Gasteiger partial charge is 0.270 e. The highest BCUT2D eigenvalue weighted by Crippen LogP contribution is 2.30. The standard InChI is InChI=1S/C18H11N3O4S/c22-17(12-5-3-6-13(8-12)21(23)24)20-18-19-14(10-26-18)16-9-11-4-1-2-7-15(11)25-16/h1-10H,(H,19,20,22). The number of furan rings is 1. The van der Waals surface area contributed by atoms with Gasteiger partial charge in [0.1, 0.15) is 11.3 Å². The van der Waals surface area contributed by atoms with E-state index in [0.29, 0.717) is 16.6 Å². The minimum atomic E-state index is -0.542. The van der Waals surface area contributed by atoms with E-state index in [9.17, 15) is 14.9 Å². The third-order valence-electron chi connectivity index (χ3n) is 3.72. The summed E-state index contributed by atoms with van der Waals surface area (Å²) in [7, 11) is 0. The Morgan fingerprint density at radius 3 is 2.81 bits per heavy atom. The molecule has 0 saturated carbocycles. The number of fused-ring (bicyclic) bond motifs is 1. The molecule has 2 aromatic heterocycles. The maximum Gasteiger partial charge on any atom is 0.270 e. The summed E-state index contributed by atoms with van der Waals surface area (Å²) in [6.07, 6.45) is 0. The molecule has 2 aromatic carbocycles. The topological polar surface area (TPSA) is 98.3 Å². The van der Waals surface area contributed by atoms with Crippen molar-refractivity contribution in [2.45, 2.75) is 0 Å². The van der Waals surface area contributed by atoms with Gasteiger partial charge in [-0.05, 0) is 18.2 Å². The van der Waals surface area contributed by atoms with Crippen LogP contribution in [0.5, 0.6) is 0 Å². The van der Waals surface area contributed by atoms with Crippen LogP contribution in [0.3, 0.4) is 0 Å². The van der Waals surface area contributed by atoms with E-state index in [1.54, 1.807) is 5.38 Å².